The zero-order chi connectivity index (χ0) is 13.5. The zero-order valence-corrected chi connectivity index (χ0v) is 10.9. The first-order valence-electron chi connectivity index (χ1n) is 6.28. The van der Waals surface area contributed by atoms with Crippen LogP contribution in [0.5, 0.6) is 0 Å². The second-order valence-corrected chi connectivity index (χ2v) is 4.78. The van der Waals surface area contributed by atoms with Crippen LogP contribution in [0.1, 0.15) is 43.5 Å². The standard InChI is InChI=1S/C14H20FNO2/c1-10(2)6-3-4-9-16-13-11(14(17)18)7-5-8-12(13)15/h5,7-8,10,16H,3-4,6,9H2,1-2H3,(H,17,18). The third-order valence-corrected chi connectivity index (χ3v) is 2.75. The van der Waals surface area contributed by atoms with Gasteiger partial charge in [-0.25, -0.2) is 9.18 Å². The average molecular weight is 253 g/mol. The number of aromatic carboxylic acids is 1. The monoisotopic (exact) mass is 253 g/mol. The second kappa shape index (κ2) is 6.99. The number of unbranched alkanes of at least 4 members (excludes halogenated alkanes) is 1. The van der Waals surface area contributed by atoms with Crippen molar-refractivity contribution in [1.82, 2.24) is 0 Å². The number of hydrogen-bond acceptors (Lipinski definition) is 2. The first-order valence-corrected chi connectivity index (χ1v) is 6.28. The van der Waals surface area contributed by atoms with E-state index in [1.54, 1.807) is 0 Å². The fraction of sp³-hybridized carbons (Fsp3) is 0.500. The van der Waals surface area contributed by atoms with E-state index in [2.05, 4.69) is 19.2 Å². The lowest BCUT2D eigenvalue weighted by molar-refractivity contribution is 0.0697. The number of nitrogens with one attached hydrogen (secondary N) is 1. The average Bonchev–Trinajstić information content (AvgIpc) is 2.29. The molecule has 3 nitrogen and oxygen atoms in total. The van der Waals surface area contributed by atoms with Gasteiger partial charge in [-0.2, -0.15) is 0 Å². The highest BCUT2D eigenvalue weighted by Crippen LogP contribution is 2.20. The van der Waals surface area contributed by atoms with Crippen molar-refractivity contribution in [3.05, 3.63) is 29.6 Å². The SMILES string of the molecule is CC(C)CCCCNc1c(F)cccc1C(=O)O. The lowest BCUT2D eigenvalue weighted by atomic mass is 10.1. The summed E-state index contributed by atoms with van der Waals surface area (Å²) in [5, 5.41) is 11.8. The maximum Gasteiger partial charge on any atom is 0.337 e. The lowest BCUT2D eigenvalue weighted by Crippen LogP contribution is -2.09. The Balaban J connectivity index is 2.53. The summed E-state index contributed by atoms with van der Waals surface area (Å²) in [5.74, 6) is -0.967. The van der Waals surface area contributed by atoms with Gasteiger partial charge in [-0.15, -0.1) is 0 Å². The Kier molecular flexibility index (Phi) is 5.62. The summed E-state index contributed by atoms with van der Waals surface area (Å²) in [4.78, 5) is 10.9. The van der Waals surface area contributed by atoms with Gasteiger partial charge < -0.3 is 10.4 Å². The summed E-state index contributed by atoms with van der Waals surface area (Å²) < 4.78 is 13.5. The van der Waals surface area contributed by atoms with Gasteiger partial charge in [0.05, 0.1) is 11.3 Å². The Morgan fingerprint density at radius 2 is 2.11 bits per heavy atom. The van der Waals surface area contributed by atoms with Crippen molar-refractivity contribution in [3.63, 3.8) is 0 Å². The first kappa shape index (κ1) is 14.5. The van der Waals surface area contributed by atoms with Gasteiger partial charge in [0.15, 0.2) is 0 Å². The quantitative estimate of drug-likeness (QED) is 0.727. The summed E-state index contributed by atoms with van der Waals surface area (Å²) >= 11 is 0. The largest absolute Gasteiger partial charge is 0.478 e. The second-order valence-electron chi connectivity index (χ2n) is 4.78. The van der Waals surface area contributed by atoms with Gasteiger partial charge in [-0.05, 0) is 24.5 Å². The number of hydrogen-bond donors (Lipinski definition) is 2. The number of para-hydroxylation sites is 1. The summed E-state index contributed by atoms with van der Waals surface area (Å²) in [6, 6.07) is 4.08. The maximum absolute atomic E-state index is 13.5. The number of carbonyl (C=O) groups is 1. The van der Waals surface area contributed by atoms with E-state index in [4.69, 9.17) is 5.11 Å². The summed E-state index contributed by atoms with van der Waals surface area (Å²) in [6.07, 6.45) is 3.10. The van der Waals surface area contributed by atoms with Crippen molar-refractivity contribution in [1.29, 1.82) is 0 Å². The van der Waals surface area contributed by atoms with Crippen molar-refractivity contribution >= 4 is 11.7 Å². The van der Waals surface area contributed by atoms with Crippen molar-refractivity contribution in [2.75, 3.05) is 11.9 Å². The molecule has 100 valence electrons. The molecule has 0 spiro atoms. The smallest absolute Gasteiger partial charge is 0.337 e. The highest BCUT2D eigenvalue weighted by atomic mass is 19.1. The molecule has 1 aromatic rings. The van der Waals surface area contributed by atoms with Crippen LogP contribution in [0.3, 0.4) is 0 Å². The van der Waals surface area contributed by atoms with E-state index in [0.717, 1.165) is 19.3 Å². The van der Waals surface area contributed by atoms with Gasteiger partial charge in [0.1, 0.15) is 5.82 Å². The molecule has 0 aliphatic carbocycles. The Labute approximate surface area is 107 Å². The van der Waals surface area contributed by atoms with E-state index in [1.807, 2.05) is 0 Å². The van der Waals surface area contributed by atoms with Crippen LogP contribution in [0.4, 0.5) is 10.1 Å². The number of rotatable bonds is 7. The number of carboxylic acid groups (broad SMARTS) is 1. The number of benzene rings is 1. The molecule has 0 aliphatic heterocycles. The van der Waals surface area contributed by atoms with Crippen LogP contribution in [0.2, 0.25) is 0 Å². The molecule has 0 fully saturated rings. The van der Waals surface area contributed by atoms with E-state index >= 15 is 0 Å². The van der Waals surface area contributed by atoms with Gasteiger partial charge in [-0.1, -0.05) is 32.8 Å². The summed E-state index contributed by atoms with van der Waals surface area (Å²) in [5.41, 5.74) is 0.0772. The van der Waals surface area contributed by atoms with Crippen LogP contribution in [0.25, 0.3) is 0 Å². The fourth-order valence-electron chi connectivity index (χ4n) is 1.77. The van der Waals surface area contributed by atoms with Gasteiger partial charge >= 0.3 is 5.97 Å². The van der Waals surface area contributed by atoms with Crippen LogP contribution >= 0.6 is 0 Å². The van der Waals surface area contributed by atoms with Crippen molar-refractivity contribution in [2.24, 2.45) is 5.92 Å². The molecule has 0 radical (unpaired) electrons. The van der Waals surface area contributed by atoms with Gasteiger partial charge in [0.25, 0.3) is 0 Å². The maximum atomic E-state index is 13.5. The molecule has 0 saturated carbocycles. The topological polar surface area (TPSA) is 49.3 Å². The molecule has 0 atom stereocenters. The van der Waals surface area contributed by atoms with Gasteiger partial charge in [0.2, 0.25) is 0 Å². The molecular formula is C14H20FNO2. The van der Waals surface area contributed by atoms with Gasteiger partial charge in [-0.3, -0.25) is 0 Å². The Bertz CT molecular complexity index is 405. The Morgan fingerprint density at radius 3 is 2.72 bits per heavy atom. The van der Waals surface area contributed by atoms with E-state index in [0.29, 0.717) is 12.5 Å². The molecule has 0 aliphatic rings. The molecule has 0 aromatic heterocycles. The van der Waals surface area contributed by atoms with Crippen LogP contribution in [0.15, 0.2) is 18.2 Å². The molecule has 0 heterocycles. The van der Waals surface area contributed by atoms with E-state index in [-0.39, 0.29) is 11.3 Å². The van der Waals surface area contributed by atoms with E-state index < -0.39 is 11.8 Å². The molecule has 0 amide bonds. The first-order chi connectivity index (χ1) is 8.52. The van der Waals surface area contributed by atoms with Crippen molar-refractivity contribution in [3.8, 4) is 0 Å². The molecule has 18 heavy (non-hydrogen) atoms. The van der Waals surface area contributed by atoms with Crippen LogP contribution < -0.4 is 5.32 Å². The Hall–Kier alpha value is -1.58. The van der Waals surface area contributed by atoms with Crippen LogP contribution in [-0.2, 0) is 0 Å². The summed E-state index contributed by atoms with van der Waals surface area (Å²) in [6.45, 7) is 4.91. The van der Waals surface area contributed by atoms with Gasteiger partial charge in [0, 0.05) is 6.54 Å². The number of carboxylic acids is 1. The molecular weight excluding hydrogens is 233 g/mol. The van der Waals surface area contributed by atoms with E-state index in [9.17, 15) is 9.18 Å². The third-order valence-electron chi connectivity index (χ3n) is 2.75. The number of halogens is 1. The highest BCUT2D eigenvalue weighted by molar-refractivity contribution is 5.94. The molecule has 1 aromatic carbocycles. The minimum atomic E-state index is -1.11. The van der Waals surface area contributed by atoms with Crippen molar-refractivity contribution < 1.29 is 14.3 Å². The predicted molar refractivity (Wildman–Crippen MR) is 70.5 cm³/mol. The normalized spacial score (nSPS) is 10.7. The molecule has 0 bridgehead atoms. The minimum Gasteiger partial charge on any atom is -0.478 e. The predicted octanol–water partition coefficient (Wildman–Crippen LogP) is 3.76. The molecule has 0 saturated heterocycles. The third kappa shape index (κ3) is 4.35. The minimum absolute atomic E-state index is 0.0149. The molecule has 0 unspecified atom stereocenters. The zero-order valence-electron chi connectivity index (χ0n) is 10.9. The molecule has 1 rings (SSSR count). The summed E-state index contributed by atoms with van der Waals surface area (Å²) in [7, 11) is 0. The van der Waals surface area contributed by atoms with Crippen molar-refractivity contribution in [2.45, 2.75) is 33.1 Å². The highest BCUT2D eigenvalue weighted by Gasteiger charge is 2.13. The lowest BCUT2D eigenvalue weighted by Gasteiger charge is -2.11. The van der Waals surface area contributed by atoms with Crippen LogP contribution in [-0.4, -0.2) is 17.6 Å². The number of anilines is 1. The Morgan fingerprint density at radius 1 is 1.39 bits per heavy atom. The molecule has 4 heteroatoms. The van der Waals surface area contributed by atoms with Crippen LogP contribution in [0, 0.1) is 11.7 Å². The fourth-order valence-corrected chi connectivity index (χ4v) is 1.77. The van der Waals surface area contributed by atoms with E-state index in [1.165, 1.54) is 18.2 Å². The molecule has 2 N–H and O–H groups in total.